The molecule has 2 heterocycles. The third kappa shape index (κ3) is 2.58. The summed E-state index contributed by atoms with van der Waals surface area (Å²) in [6, 6.07) is 5.96. The first-order valence-corrected chi connectivity index (χ1v) is 9.74. The first kappa shape index (κ1) is 17.6. The van der Waals surface area contributed by atoms with Gasteiger partial charge in [0.1, 0.15) is 0 Å². The number of aromatic nitrogens is 1. The lowest BCUT2D eigenvalue weighted by atomic mass is 10.0. The van der Waals surface area contributed by atoms with Gasteiger partial charge in [0.15, 0.2) is 5.78 Å². The molecule has 2 aliphatic rings. The molecule has 2 fully saturated rings. The van der Waals surface area contributed by atoms with Gasteiger partial charge in [-0.2, -0.15) is 0 Å². The fourth-order valence-corrected chi connectivity index (χ4v) is 4.88. The van der Waals surface area contributed by atoms with Gasteiger partial charge in [-0.1, -0.05) is 27.7 Å². The van der Waals surface area contributed by atoms with Crippen LogP contribution in [0.5, 0.6) is 0 Å². The van der Waals surface area contributed by atoms with E-state index in [0.717, 1.165) is 49.1 Å². The number of fused-ring (bicyclic) bond motifs is 1. The van der Waals surface area contributed by atoms with E-state index in [2.05, 4.69) is 44.5 Å². The zero-order chi connectivity index (χ0) is 18.7. The third-order valence-electron chi connectivity index (χ3n) is 7.25. The van der Waals surface area contributed by atoms with Gasteiger partial charge in [-0.05, 0) is 47.8 Å². The molecule has 0 unspecified atom stereocenters. The molecule has 0 bridgehead atoms. The Morgan fingerprint density at radius 3 is 2.46 bits per heavy atom. The van der Waals surface area contributed by atoms with E-state index in [1.165, 1.54) is 0 Å². The average molecular weight is 354 g/mol. The van der Waals surface area contributed by atoms with Crippen molar-refractivity contribution in [1.29, 1.82) is 0 Å². The number of anilines is 1. The van der Waals surface area contributed by atoms with Crippen molar-refractivity contribution in [2.45, 2.75) is 47.1 Å². The lowest BCUT2D eigenvalue weighted by Crippen LogP contribution is -2.20. The molecule has 4 heteroatoms. The van der Waals surface area contributed by atoms with Crippen LogP contribution in [-0.4, -0.2) is 23.6 Å². The van der Waals surface area contributed by atoms with E-state index in [1.807, 2.05) is 12.1 Å². The molecule has 4 nitrogen and oxygen atoms in total. The first-order valence-electron chi connectivity index (χ1n) is 9.74. The van der Waals surface area contributed by atoms with Gasteiger partial charge in [-0.3, -0.25) is 4.79 Å². The fourth-order valence-electron chi connectivity index (χ4n) is 4.88. The van der Waals surface area contributed by atoms with Crippen LogP contribution in [0, 0.1) is 22.7 Å². The van der Waals surface area contributed by atoms with Crippen LogP contribution in [0.4, 0.5) is 5.69 Å². The minimum Gasteiger partial charge on any atom is -0.399 e. The summed E-state index contributed by atoms with van der Waals surface area (Å²) in [7, 11) is 0. The smallest absolute Gasteiger partial charge is 0.169 e. The summed E-state index contributed by atoms with van der Waals surface area (Å²) >= 11 is 0. The van der Waals surface area contributed by atoms with Crippen LogP contribution < -0.4 is 5.73 Å². The Balaban J connectivity index is 1.73. The Hall–Kier alpha value is -1.81. The Kier molecular flexibility index (Phi) is 3.96. The summed E-state index contributed by atoms with van der Waals surface area (Å²) < 4.78 is 7.75. The Morgan fingerprint density at radius 2 is 1.85 bits per heavy atom. The van der Waals surface area contributed by atoms with E-state index >= 15 is 0 Å². The number of nitrogen functional groups attached to an aromatic ring is 1. The summed E-state index contributed by atoms with van der Waals surface area (Å²) in [6.07, 6.45) is 4.24. The molecule has 1 aromatic carbocycles. The molecular weight excluding hydrogens is 324 g/mol. The predicted octanol–water partition coefficient (Wildman–Crippen LogP) is 4.52. The highest BCUT2D eigenvalue weighted by Gasteiger charge is 2.68. The van der Waals surface area contributed by atoms with Crippen LogP contribution in [0.1, 0.15) is 50.9 Å². The zero-order valence-electron chi connectivity index (χ0n) is 16.3. The summed E-state index contributed by atoms with van der Waals surface area (Å²) in [6.45, 7) is 11.4. The fraction of sp³-hybridized carbons (Fsp3) is 0.591. The number of Topliss-reactive ketones (excluding diaryl/α,β-unsaturated/α-hetero) is 1. The lowest BCUT2D eigenvalue weighted by molar-refractivity contribution is 0.0616. The molecule has 0 atom stereocenters. The average Bonchev–Trinajstić information content (AvgIpc) is 2.86. The normalized spacial score (nSPS) is 22.6. The van der Waals surface area contributed by atoms with Crippen molar-refractivity contribution in [2.24, 2.45) is 22.7 Å². The SMILES string of the molecule is CC1(C)C(C(=O)c2cn(CC3CCOCC3)c3ccc(N)cc23)C1(C)C. The van der Waals surface area contributed by atoms with Gasteiger partial charge in [-0.25, -0.2) is 0 Å². The molecule has 0 spiro atoms. The standard InChI is InChI=1S/C22H30N2O2/c1-21(2)20(22(21,3)4)19(25)17-13-24(12-14-7-9-26-10-8-14)18-6-5-15(23)11-16(17)18/h5-6,11,13-14,20H,7-10,12,23H2,1-4H3. The molecule has 2 N–H and O–H groups in total. The number of carbonyl (C=O) groups excluding carboxylic acids is 1. The van der Waals surface area contributed by atoms with E-state index in [0.29, 0.717) is 11.6 Å². The summed E-state index contributed by atoms with van der Waals surface area (Å²) in [4.78, 5) is 13.4. The molecule has 4 rings (SSSR count). The Bertz CT molecular complexity index is 842. The maximum absolute atomic E-state index is 13.4. The quantitative estimate of drug-likeness (QED) is 0.649. The van der Waals surface area contributed by atoms with Crippen LogP contribution in [0.15, 0.2) is 24.4 Å². The van der Waals surface area contributed by atoms with Crippen LogP contribution >= 0.6 is 0 Å². The van der Waals surface area contributed by atoms with Crippen LogP contribution in [0.25, 0.3) is 10.9 Å². The number of carbonyl (C=O) groups is 1. The van der Waals surface area contributed by atoms with Crippen molar-refractivity contribution >= 4 is 22.4 Å². The lowest BCUT2D eigenvalue weighted by Gasteiger charge is -2.22. The Labute approximate surface area is 155 Å². The van der Waals surface area contributed by atoms with E-state index in [-0.39, 0.29) is 22.5 Å². The minimum atomic E-state index is 0.0412. The van der Waals surface area contributed by atoms with E-state index < -0.39 is 0 Å². The van der Waals surface area contributed by atoms with Crippen molar-refractivity contribution in [3.05, 3.63) is 30.0 Å². The summed E-state index contributed by atoms with van der Waals surface area (Å²) in [5, 5.41) is 1.00. The highest BCUT2D eigenvalue weighted by molar-refractivity contribution is 6.11. The van der Waals surface area contributed by atoms with E-state index in [9.17, 15) is 4.79 Å². The zero-order valence-corrected chi connectivity index (χ0v) is 16.3. The van der Waals surface area contributed by atoms with Crippen molar-refractivity contribution in [2.75, 3.05) is 18.9 Å². The van der Waals surface area contributed by atoms with Crippen LogP contribution in [-0.2, 0) is 11.3 Å². The number of nitrogens with two attached hydrogens (primary N) is 1. The molecule has 1 aliphatic heterocycles. The second-order valence-corrected chi connectivity index (χ2v) is 9.27. The van der Waals surface area contributed by atoms with Gasteiger partial charge in [0.05, 0.1) is 0 Å². The number of ketones is 1. The van der Waals surface area contributed by atoms with E-state index in [4.69, 9.17) is 10.5 Å². The van der Waals surface area contributed by atoms with Crippen molar-refractivity contribution in [3.63, 3.8) is 0 Å². The Morgan fingerprint density at radius 1 is 1.19 bits per heavy atom. The van der Waals surface area contributed by atoms with Gasteiger partial charge in [0.2, 0.25) is 0 Å². The maximum Gasteiger partial charge on any atom is 0.169 e. The van der Waals surface area contributed by atoms with Gasteiger partial charge < -0.3 is 15.0 Å². The van der Waals surface area contributed by atoms with Crippen molar-refractivity contribution < 1.29 is 9.53 Å². The molecule has 1 aromatic heterocycles. The first-order chi connectivity index (χ1) is 12.2. The molecule has 26 heavy (non-hydrogen) atoms. The number of benzene rings is 1. The number of hydrogen-bond acceptors (Lipinski definition) is 3. The van der Waals surface area contributed by atoms with Gasteiger partial charge in [0, 0.05) is 54.0 Å². The molecule has 2 aromatic rings. The van der Waals surface area contributed by atoms with Crippen molar-refractivity contribution in [1.82, 2.24) is 4.57 Å². The summed E-state index contributed by atoms with van der Waals surface area (Å²) in [5.74, 6) is 0.938. The van der Waals surface area contributed by atoms with Gasteiger partial charge >= 0.3 is 0 Å². The highest BCUT2D eigenvalue weighted by Crippen LogP contribution is 2.69. The van der Waals surface area contributed by atoms with E-state index in [1.54, 1.807) is 0 Å². The number of ether oxygens (including phenoxy) is 1. The predicted molar refractivity (Wildman–Crippen MR) is 105 cm³/mol. The van der Waals surface area contributed by atoms with Gasteiger partial charge in [0.25, 0.3) is 0 Å². The molecule has 0 amide bonds. The molecular formula is C22H30N2O2. The molecule has 140 valence electrons. The van der Waals surface area contributed by atoms with Gasteiger partial charge in [-0.15, -0.1) is 0 Å². The summed E-state index contributed by atoms with van der Waals surface area (Å²) in [5.41, 5.74) is 8.79. The minimum absolute atomic E-state index is 0.0412. The third-order valence-corrected chi connectivity index (χ3v) is 7.25. The molecule has 1 saturated carbocycles. The maximum atomic E-state index is 13.4. The topological polar surface area (TPSA) is 57.2 Å². The molecule has 1 saturated heterocycles. The number of nitrogens with zero attached hydrogens (tertiary/aromatic N) is 1. The highest BCUT2D eigenvalue weighted by atomic mass is 16.5. The number of rotatable bonds is 4. The second-order valence-electron chi connectivity index (χ2n) is 9.27. The number of hydrogen-bond donors (Lipinski definition) is 1. The van der Waals surface area contributed by atoms with Crippen LogP contribution in [0.3, 0.4) is 0 Å². The molecule has 1 aliphatic carbocycles. The molecule has 0 radical (unpaired) electrons. The second kappa shape index (κ2) is 5.85. The largest absolute Gasteiger partial charge is 0.399 e. The van der Waals surface area contributed by atoms with Crippen LogP contribution in [0.2, 0.25) is 0 Å². The monoisotopic (exact) mass is 354 g/mol. The van der Waals surface area contributed by atoms with Crippen molar-refractivity contribution in [3.8, 4) is 0 Å².